The summed E-state index contributed by atoms with van der Waals surface area (Å²) in [7, 11) is 0. The molecule has 0 radical (unpaired) electrons. The number of hydrogen-bond acceptors (Lipinski definition) is 5. The number of carbonyl (C=O) groups is 2. The van der Waals surface area contributed by atoms with Crippen LogP contribution in [0.4, 0.5) is 0 Å². The molecule has 1 fully saturated rings. The van der Waals surface area contributed by atoms with Crippen LogP contribution in [0.15, 0.2) is 65.3 Å². The van der Waals surface area contributed by atoms with Crippen LogP contribution >= 0.6 is 0 Å². The lowest BCUT2D eigenvalue weighted by Gasteiger charge is -2.18. The van der Waals surface area contributed by atoms with Crippen LogP contribution in [0.2, 0.25) is 0 Å². The first-order valence-electron chi connectivity index (χ1n) is 10.5. The minimum atomic E-state index is -0.101. The molecule has 0 bridgehead atoms. The van der Waals surface area contributed by atoms with Gasteiger partial charge in [-0.3, -0.25) is 9.59 Å². The summed E-state index contributed by atoms with van der Waals surface area (Å²) in [6, 6.07) is 17.3. The fourth-order valence-electron chi connectivity index (χ4n) is 3.52. The zero-order valence-electron chi connectivity index (χ0n) is 17.3. The summed E-state index contributed by atoms with van der Waals surface area (Å²) in [4.78, 5) is 31.0. The van der Waals surface area contributed by atoms with E-state index >= 15 is 0 Å². The Labute approximate surface area is 181 Å². The third kappa shape index (κ3) is 5.58. The molecule has 1 aliphatic heterocycles. The van der Waals surface area contributed by atoms with E-state index in [4.69, 9.17) is 4.42 Å². The second kappa shape index (κ2) is 10.0. The number of nitrogens with zero attached hydrogens (tertiary/aromatic N) is 2. The summed E-state index contributed by atoms with van der Waals surface area (Å²) < 4.78 is 5.55. The summed E-state index contributed by atoms with van der Waals surface area (Å²) in [5.74, 6) is 0.294. The maximum Gasteiger partial charge on any atom is 0.275 e. The highest BCUT2D eigenvalue weighted by molar-refractivity contribution is 5.92. The maximum absolute atomic E-state index is 12.7. The fraction of sp³-hybridized carbons (Fsp3) is 0.292. The van der Waals surface area contributed by atoms with E-state index in [1.54, 1.807) is 0 Å². The highest BCUT2D eigenvalue weighted by Gasteiger charge is 2.21. The Balaban J connectivity index is 1.33. The lowest BCUT2D eigenvalue weighted by molar-refractivity contribution is -0.120. The Morgan fingerprint density at radius 2 is 1.81 bits per heavy atom. The van der Waals surface area contributed by atoms with Crippen LogP contribution in [-0.4, -0.2) is 47.9 Å². The SMILES string of the molecule is O=C(Cc1ccccc1)NCc1ccc(-c2nc(C(=O)N3CCCNCC3)co2)cc1. The van der Waals surface area contributed by atoms with Crippen molar-refractivity contribution in [3.63, 3.8) is 0 Å². The van der Waals surface area contributed by atoms with Gasteiger partial charge in [0.1, 0.15) is 6.26 Å². The van der Waals surface area contributed by atoms with Crippen molar-refractivity contribution in [1.29, 1.82) is 0 Å². The molecular weight excluding hydrogens is 392 g/mol. The summed E-state index contributed by atoms with van der Waals surface area (Å²) in [5, 5.41) is 6.22. The zero-order valence-corrected chi connectivity index (χ0v) is 17.3. The number of nitrogens with one attached hydrogen (secondary N) is 2. The quantitative estimate of drug-likeness (QED) is 0.643. The molecule has 0 saturated carbocycles. The van der Waals surface area contributed by atoms with Gasteiger partial charge in [0.15, 0.2) is 5.69 Å². The van der Waals surface area contributed by atoms with Gasteiger partial charge in [-0.25, -0.2) is 4.98 Å². The van der Waals surface area contributed by atoms with Crippen molar-refractivity contribution in [2.24, 2.45) is 0 Å². The molecule has 160 valence electrons. The first-order valence-corrected chi connectivity index (χ1v) is 10.5. The number of amides is 2. The van der Waals surface area contributed by atoms with Crippen LogP contribution in [-0.2, 0) is 17.8 Å². The largest absolute Gasteiger partial charge is 0.444 e. The van der Waals surface area contributed by atoms with Gasteiger partial charge in [0.2, 0.25) is 11.8 Å². The van der Waals surface area contributed by atoms with Crippen LogP contribution in [0.1, 0.15) is 28.0 Å². The molecule has 3 aromatic rings. The Bertz CT molecular complexity index is 1010. The number of hydrogen-bond donors (Lipinski definition) is 2. The molecule has 1 saturated heterocycles. The number of oxazole rings is 1. The molecule has 2 heterocycles. The average molecular weight is 418 g/mol. The maximum atomic E-state index is 12.7. The molecule has 7 nitrogen and oxygen atoms in total. The minimum Gasteiger partial charge on any atom is -0.444 e. The van der Waals surface area contributed by atoms with Gasteiger partial charge in [0, 0.05) is 31.7 Å². The standard InChI is InChI=1S/C24H26N4O3/c29-22(15-18-5-2-1-3-6-18)26-16-19-7-9-20(10-8-19)23-27-21(17-31-23)24(30)28-13-4-11-25-12-14-28/h1-3,5-10,17,25H,4,11-16H2,(H,26,29). The number of carbonyl (C=O) groups excluding carboxylic acids is 2. The van der Waals surface area contributed by atoms with Gasteiger partial charge >= 0.3 is 0 Å². The van der Waals surface area contributed by atoms with Crippen molar-refractivity contribution in [2.45, 2.75) is 19.4 Å². The van der Waals surface area contributed by atoms with E-state index in [0.717, 1.165) is 42.7 Å². The molecule has 0 unspecified atom stereocenters. The van der Waals surface area contributed by atoms with Gasteiger partial charge in [0.25, 0.3) is 5.91 Å². The smallest absolute Gasteiger partial charge is 0.275 e. The predicted molar refractivity (Wildman–Crippen MR) is 117 cm³/mol. The topological polar surface area (TPSA) is 87.5 Å². The molecule has 1 aromatic heterocycles. The number of benzene rings is 2. The first-order chi connectivity index (χ1) is 15.2. The van der Waals surface area contributed by atoms with Crippen molar-refractivity contribution in [2.75, 3.05) is 26.2 Å². The molecular formula is C24H26N4O3. The van der Waals surface area contributed by atoms with Gasteiger partial charge in [-0.15, -0.1) is 0 Å². The van der Waals surface area contributed by atoms with Crippen LogP contribution < -0.4 is 10.6 Å². The van der Waals surface area contributed by atoms with Gasteiger partial charge in [-0.2, -0.15) is 0 Å². The first kappa shape index (κ1) is 20.8. The van der Waals surface area contributed by atoms with E-state index in [1.165, 1.54) is 6.26 Å². The monoisotopic (exact) mass is 418 g/mol. The molecule has 1 aliphatic rings. The molecule has 2 N–H and O–H groups in total. The summed E-state index contributed by atoms with van der Waals surface area (Å²) in [5.41, 5.74) is 3.08. The number of aromatic nitrogens is 1. The molecule has 4 rings (SSSR count). The minimum absolute atomic E-state index is 0.0187. The highest BCUT2D eigenvalue weighted by atomic mass is 16.3. The number of rotatable bonds is 6. The Kier molecular flexibility index (Phi) is 6.74. The van der Waals surface area contributed by atoms with E-state index in [-0.39, 0.29) is 11.8 Å². The molecule has 2 amide bonds. The highest BCUT2D eigenvalue weighted by Crippen LogP contribution is 2.20. The van der Waals surface area contributed by atoms with E-state index < -0.39 is 0 Å². The average Bonchev–Trinajstić information content (AvgIpc) is 3.13. The van der Waals surface area contributed by atoms with E-state index in [1.807, 2.05) is 59.5 Å². The Morgan fingerprint density at radius 3 is 2.61 bits per heavy atom. The summed E-state index contributed by atoms with van der Waals surface area (Å²) >= 11 is 0. The molecule has 31 heavy (non-hydrogen) atoms. The Morgan fingerprint density at radius 1 is 1.00 bits per heavy atom. The van der Waals surface area contributed by atoms with Crippen molar-refractivity contribution in [3.8, 4) is 11.5 Å². The van der Waals surface area contributed by atoms with Crippen LogP contribution in [0.3, 0.4) is 0 Å². The van der Waals surface area contributed by atoms with E-state index in [2.05, 4.69) is 15.6 Å². The van der Waals surface area contributed by atoms with Crippen molar-refractivity contribution in [3.05, 3.63) is 77.7 Å². The predicted octanol–water partition coefficient (Wildman–Crippen LogP) is 2.64. The summed E-state index contributed by atoms with van der Waals surface area (Å²) in [6.45, 7) is 3.56. The van der Waals surface area contributed by atoms with Gasteiger partial charge in [-0.1, -0.05) is 42.5 Å². The third-order valence-corrected chi connectivity index (χ3v) is 5.25. The van der Waals surface area contributed by atoms with Crippen LogP contribution in [0.25, 0.3) is 11.5 Å². The molecule has 0 spiro atoms. The van der Waals surface area contributed by atoms with Crippen LogP contribution in [0, 0.1) is 0 Å². The van der Waals surface area contributed by atoms with Crippen molar-refractivity contribution in [1.82, 2.24) is 20.5 Å². The molecule has 0 aliphatic carbocycles. The lowest BCUT2D eigenvalue weighted by Crippen LogP contribution is -2.34. The molecule has 0 atom stereocenters. The second-order valence-electron chi connectivity index (χ2n) is 7.57. The van der Waals surface area contributed by atoms with E-state index in [9.17, 15) is 9.59 Å². The molecule has 2 aromatic carbocycles. The summed E-state index contributed by atoms with van der Waals surface area (Å²) in [6.07, 6.45) is 2.71. The lowest BCUT2D eigenvalue weighted by atomic mass is 10.1. The van der Waals surface area contributed by atoms with Crippen LogP contribution in [0.5, 0.6) is 0 Å². The third-order valence-electron chi connectivity index (χ3n) is 5.25. The normalized spacial score (nSPS) is 14.1. The second-order valence-corrected chi connectivity index (χ2v) is 7.57. The van der Waals surface area contributed by atoms with Gasteiger partial charge in [0.05, 0.1) is 6.42 Å². The van der Waals surface area contributed by atoms with Gasteiger partial charge in [-0.05, 0) is 36.2 Å². The zero-order chi connectivity index (χ0) is 21.5. The fourth-order valence-corrected chi connectivity index (χ4v) is 3.52. The van der Waals surface area contributed by atoms with Crippen molar-refractivity contribution >= 4 is 11.8 Å². The van der Waals surface area contributed by atoms with Crippen molar-refractivity contribution < 1.29 is 14.0 Å². The van der Waals surface area contributed by atoms with E-state index in [0.29, 0.717) is 31.1 Å². The molecule has 7 heteroatoms. The Hall–Kier alpha value is -3.45. The van der Waals surface area contributed by atoms with Gasteiger partial charge < -0.3 is 20.0 Å².